The Hall–Kier alpha value is -1.89. The molecule has 1 amide bonds. The van der Waals surface area contributed by atoms with Gasteiger partial charge in [-0.1, -0.05) is 29.8 Å². The molecule has 0 bridgehead atoms. The number of aromatic amines is 1. The SMILES string of the molecule is O=C(NCCN1CCOCC1)c1cc(-c2ccccc2Cl)n[nH]1. The first kappa shape index (κ1) is 16.0. The Bertz CT molecular complexity index is 668. The zero-order valence-electron chi connectivity index (χ0n) is 12.7. The molecule has 0 spiro atoms. The fraction of sp³-hybridized carbons (Fsp3) is 0.375. The van der Waals surface area contributed by atoms with Crippen LogP contribution in [-0.2, 0) is 4.74 Å². The van der Waals surface area contributed by atoms with Crippen molar-refractivity contribution in [1.29, 1.82) is 0 Å². The Morgan fingerprint density at radius 3 is 2.91 bits per heavy atom. The van der Waals surface area contributed by atoms with Crippen LogP contribution in [0.25, 0.3) is 11.3 Å². The van der Waals surface area contributed by atoms with Gasteiger partial charge in [-0.15, -0.1) is 0 Å². The number of rotatable bonds is 5. The van der Waals surface area contributed by atoms with Gasteiger partial charge >= 0.3 is 0 Å². The first-order chi connectivity index (χ1) is 11.2. The Labute approximate surface area is 139 Å². The number of H-pyrrole nitrogens is 1. The highest BCUT2D eigenvalue weighted by Crippen LogP contribution is 2.26. The number of carbonyl (C=O) groups excluding carboxylic acids is 1. The van der Waals surface area contributed by atoms with Crippen molar-refractivity contribution in [1.82, 2.24) is 20.4 Å². The molecule has 23 heavy (non-hydrogen) atoms. The average Bonchev–Trinajstić information content (AvgIpc) is 3.06. The summed E-state index contributed by atoms with van der Waals surface area (Å²) in [6.07, 6.45) is 0. The second-order valence-corrected chi connectivity index (χ2v) is 5.76. The van der Waals surface area contributed by atoms with Crippen LogP contribution in [0.4, 0.5) is 0 Å². The molecule has 2 N–H and O–H groups in total. The van der Waals surface area contributed by atoms with E-state index in [0.29, 0.717) is 23.0 Å². The van der Waals surface area contributed by atoms with Crippen molar-refractivity contribution < 1.29 is 9.53 Å². The molecule has 0 saturated carbocycles. The zero-order valence-corrected chi connectivity index (χ0v) is 13.5. The number of aromatic nitrogens is 2. The molecule has 1 fully saturated rings. The smallest absolute Gasteiger partial charge is 0.269 e. The highest BCUT2D eigenvalue weighted by Gasteiger charge is 2.14. The molecule has 0 unspecified atom stereocenters. The van der Waals surface area contributed by atoms with Crippen LogP contribution in [0.1, 0.15) is 10.5 Å². The maximum Gasteiger partial charge on any atom is 0.269 e. The minimum atomic E-state index is -0.163. The number of nitrogens with zero attached hydrogens (tertiary/aromatic N) is 2. The van der Waals surface area contributed by atoms with Crippen LogP contribution in [0.5, 0.6) is 0 Å². The summed E-state index contributed by atoms with van der Waals surface area (Å²) in [6, 6.07) is 9.13. The van der Waals surface area contributed by atoms with Crippen LogP contribution in [0.15, 0.2) is 30.3 Å². The molecule has 1 aliphatic heterocycles. The van der Waals surface area contributed by atoms with Crippen LogP contribution in [0.2, 0.25) is 5.02 Å². The second kappa shape index (κ2) is 7.59. The fourth-order valence-corrected chi connectivity index (χ4v) is 2.73. The van der Waals surface area contributed by atoms with Gasteiger partial charge in [0.1, 0.15) is 5.69 Å². The van der Waals surface area contributed by atoms with Gasteiger partial charge in [0, 0.05) is 31.7 Å². The van der Waals surface area contributed by atoms with Crippen molar-refractivity contribution in [2.75, 3.05) is 39.4 Å². The molecule has 3 rings (SSSR count). The standard InChI is InChI=1S/C16H19ClN4O2/c17-13-4-2-1-3-12(13)14-11-15(20-19-14)16(22)18-5-6-21-7-9-23-10-8-21/h1-4,11H,5-10H2,(H,18,22)(H,19,20). The number of hydrogen-bond acceptors (Lipinski definition) is 4. The van der Waals surface area contributed by atoms with Crippen LogP contribution in [0, 0.1) is 0 Å². The predicted molar refractivity (Wildman–Crippen MR) is 88.6 cm³/mol. The van der Waals surface area contributed by atoms with Crippen molar-refractivity contribution >= 4 is 17.5 Å². The number of amides is 1. The summed E-state index contributed by atoms with van der Waals surface area (Å²) in [5.41, 5.74) is 1.90. The number of benzene rings is 1. The maximum absolute atomic E-state index is 12.2. The van der Waals surface area contributed by atoms with Gasteiger partial charge in [0.15, 0.2) is 0 Å². The number of morpholine rings is 1. The van der Waals surface area contributed by atoms with Gasteiger partial charge in [-0.2, -0.15) is 5.10 Å². The number of halogens is 1. The van der Waals surface area contributed by atoms with Crippen LogP contribution in [-0.4, -0.2) is 60.4 Å². The number of hydrogen-bond donors (Lipinski definition) is 2. The van der Waals surface area contributed by atoms with E-state index in [1.54, 1.807) is 12.1 Å². The maximum atomic E-state index is 12.2. The third kappa shape index (κ3) is 4.10. The van der Waals surface area contributed by atoms with E-state index in [2.05, 4.69) is 20.4 Å². The monoisotopic (exact) mass is 334 g/mol. The summed E-state index contributed by atoms with van der Waals surface area (Å²) >= 11 is 6.15. The highest BCUT2D eigenvalue weighted by atomic mass is 35.5. The largest absolute Gasteiger partial charge is 0.379 e. The minimum absolute atomic E-state index is 0.163. The van der Waals surface area contributed by atoms with Gasteiger partial charge in [-0.25, -0.2) is 0 Å². The van der Waals surface area contributed by atoms with Crippen molar-refractivity contribution in [3.8, 4) is 11.3 Å². The molecule has 1 aromatic heterocycles. The summed E-state index contributed by atoms with van der Waals surface area (Å²) in [5.74, 6) is -0.163. The summed E-state index contributed by atoms with van der Waals surface area (Å²) in [7, 11) is 0. The normalized spacial score (nSPS) is 15.5. The van der Waals surface area contributed by atoms with Gasteiger partial charge in [-0.3, -0.25) is 14.8 Å². The average molecular weight is 335 g/mol. The lowest BCUT2D eigenvalue weighted by Crippen LogP contribution is -2.41. The minimum Gasteiger partial charge on any atom is -0.379 e. The van der Waals surface area contributed by atoms with Crippen LogP contribution < -0.4 is 5.32 Å². The summed E-state index contributed by atoms with van der Waals surface area (Å²) in [5, 5.41) is 10.4. The predicted octanol–water partition coefficient (Wildman–Crippen LogP) is 1.79. The Kier molecular flexibility index (Phi) is 5.27. The van der Waals surface area contributed by atoms with Gasteiger partial charge < -0.3 is 10.1 Å². The van der Waals surface area contributed by atoms with E-state index in [1.807, 2.05) is 18.2 Å². The van der Waals surface area contributed by atoms with Gasteiger partial charge in [0.2, 0.25) is 0 Å². The van der Waals surface area contributed by atoms with E-state index in [4.69, 9.17) is 16.3 Å². The van der Waals surface area contributed by atoms with Crippen molar-refractivity contribution in [2.24, 2.45) is 0 Å². The molecule has 0 aliphatic carbocycles. The zero-order chi connectivity index (χ0) is 16.1. The molecular weight excluding hydrogens is 316 g/mol. The van der Waals surface area contributed by atoms with E-state index in [9.17, 15) is 4.79 Å². The molecule has 1 aromatic carbocycles. The third-order valence-electron chi connectivity index (χ3n) is 3.79. The lowest BCUT2D eigenvalue weighted by molar-refractivity contribution is 0.0383. The van der Waals surface area contributed by atoms with E-state index in [1.165, 1.54) is 0 Å². The van der Waals surface area contributed by atoms with Crippen molar-refractivity contribution in [3.63, 3.8) is 0 Å². The van der Waals surface area contributed by atoms with E-state index < -0.39 is 0 Å². The first-order valence-electron chi connectivity index (χ1n) is 7.62. The molecule has 2 heterocycles. The first-order valence-corrected chi connectivity index (χ1v) is 8.00. The fourth-order valence-electron chi connectivity index (χ4n) is 2.49. The van der Waals surface area contributed by atoms with Crippen molar-refractivity contribution in [2.45, 2.75) is 0 Å². The van der Waals surface area contributed by atoms with E-state index in [-0.39, 0.29) is 5.91 Å². The molecule has 1 aliphatic rings. The van der Waals surface area contributed by atoms with Crippen LogP contribution >= 0.6 is 11.6 Å². The van der Waals surface area contributed by atoms with Crippen LogP contribution in [0.3, 0.4) is 0 Å². The highest BCUT2D eigenvalue weighted by molar-refractivity contribution is 6.33. The molecule has 0 radical (unpaired) electrons. The second-order valence-electron chi connectivity index (χ2n) is 5.36. The van der Waals surface area contributed by atoms with Gasteiger partial charge in [0.25, 0.3) is 5.91 Å². The topological polar surface area (TPSA) is 70.2 Å². The quantitative estimate of drug-likeness (QED) is 0.874. The lowest BCUT2D eigenvalue weighted by atomic mass is 10.1. The molecule has 1 saturated heterocycles. The molecule has 7 heteroatoms. The summed E-state index contributed by atoms with van der Waals surface area (Å²) in [4.78, 5) is 14.4. The molecule has 6 nitrogen and oxygen atoms in total. The van der Waals surface area contributed by atoms with E-state index in [0.717, 1.165) is 38.4 Å². The Morgan fingerprint density at radius 1 is 1.35 bits per heavy atom. The number of ether oxygens (including phenoxy) is 1. The van der Waals surface area contributed by atoms with E-state index >= 15 is 0 Å². The summed E-state index contributed by atoms with van der Waals surface area (Å²) < 4.78 is 5.30. The van der Waals surface area contributed by atoms with Gasteiger partial charge in [0.05, 0.1) is 23.9 Å². The molecular formula is C16H19ClN4O2. The van der Waals surface area contributed by atoms with Gasteiger partial charge in [-0.05, 0) is 12.1 Å². The summed E-state index contributed by atoms with van der Waals surface area (Å²) in [6.45, 7) is 4.76. The molecule has 122 valence electrons. The molecule has 0 atom stereocenters. The van der Waals surface area contributed by atoms with Crippen molar-refractivity contribution in [3.05, 3.63) is 41.0 Å². The molecule has 2 aromatic rings. The lowest BCUT2D eigenvalue weighted by Gasteiger charge is -2.26. The number of carbonyl (C=O) groups is 1. The Morgan fingerprint density at radius 2 is 2.13 bits per heavy atom. The Balaban J connectivity index is 1.55. The third-order valence-corrected chi connectivity index (χ3v) is 4.12. The number of nitrogens with one attached hydrogen (secondary N) is 2.